The number of amides is 2. The summed E-state index contributed by atoms with van der Waals surface area (Å²) in [7, 11) is 0. The summed E-state index contributed by atoms with van der Waals surface area (Å²) in [5.74, 6) is -2.87. The van der Waals surface area contributed by atoms with Crippen LogP contribution in [0, 0.1) is 11.6 Å². The number of hydrogen-bond donors (Lipinski definition) is 2. The lowest BCUT2D eigenvalue weighted by atomic mass is 10.2. The van der Waals surface area contributed by atoms with Gasteiger partial charge in [-0.2, -0.15) is 0 Å². The molecule has 1 heterocycles. The van der Waals surface area contributed by atoms with Crippen LogP contribution in [0.1, 0.15) is 20.8 Å². The number of carbonyl (C=O) groups excluding carboxylic acids is 2. The molecule has 0 saturated carbocycles. The van der Waals surface area contributed by atoms with Crippen LogP contribution in [0.25, 0.3) is 0 Å². The molecule has 0 aliphatic heterocycles. The predicted molar refractivity (Wildman–Crippen MR) is 98.0 cm³/mol. The van der Waals surface area contributed by atoms with Gasteiger partial charge in [0.2, 0.25) is 0 Å². The topological polar surface area (TPSA) is 71.1 Å². The number of hydrogen-bond acceptors (Lipinski definition) is 3. The number of pyridine rings is 1. The lowest BCUT2D eigenvalue weighted by Crippen LogP contribution is -2.17. The van der Waals surface area contributed by atoms with Gasteiger partial charge >= 0.3 is 0 Å². The molecule has 8 heteroatoms. The molecular weight excluding hydrogens is 376 g/mol. The minimum Gasteiger partial charge on any atom is -0.321 e. The van der Waals surface area contributed by atoms with E-state index in [1.807, 2.05) is 0 Å². The van der Waals surface area contributed by atoms with Gasteiger partial charge in [-0.15, -0.1) is 0 Å². The zero-order valence-corrected chi connectivity index (χ0v) is 14.4. The first-order valence-electron chi connectivity index (χ1n) is 7.72. The lowest BCUT2D eigenvalue weighted by Gasteiger charge is -2.08. The van der Waals surface area contributed by atoms with Crippen molar-refractivity contribution in [2.45, 2.75) is 0 Å². The molecule has 0 radical (unpaired) electrons. The van der Waals surface area contributed by atoms with Crippen molar-refractivity contribution < 1.29 is 18.4 Å². The van der Waals surface area contributed by atoms with E-state index >= 15 is 0 Å². The minimum atomic E-state index is -0.906. The molecule has 1 aromatic heterocycles. The van der Waals surface area contributed by atoms with Gasteiger partial charge in [0.15, 0.2) is 0 Å². The number of rotatable bonds is 4. The predicted octanol–water partition coefficient (Wildman–Crippen LogP) is 4.52. The molecule has 136 valence electrons. The molecule has 0 fully saturated rings. The van der Waals surface area contributed by atoms with Crippen LogP contribution in [0.3, 0.4) is 0 Å². The highest BCUT2D eigenvalue weighted by atomic mass is 35.5. The summed E-state index contributed by atoms with van der Waals surface area (Å²) in [5.41, 5.74) is 0.368. The molecule has 0 bridgehead atoms. The van der Waals surface area contributed by atoms with Gasteiger partial charge in [-0.25, -0.2) is 8.78 Å². The molecule has 3 rings (SSSR count). The van der Waals surface area contributed by atoms with Crippen molar-refractivity contribution in [3.05, 3.63) is 88.7 Å². The van der Waals surface area contributed by atoms with Gasteiger partial charge in [-0.05, 0) is 42.5 Å². The van der Waals surface area contributed by atoms with Crippen LogP contribution in [-0.2, 0) is 0 Å². The Morgan fingerprint density at radius 2 is 1.74 bits per heavy atom. The summed E-state index contributed by atoms with van der Waals surface area (Å²) in [6.45, 7) is 0. The molecule has 0 aliphatic rings. The maximum Gasteiger partial charge on any atom is 0.274 e. The Morgan fingerprint density at radius 1 is 0.926 bits per heavy atom. The average Bonchev–Trinajstić information content (AvgIpc) is 2.64. The molecule has 0 spiro atoms. The number of halogens is 3. The fourth-order valence-corrected chi connectivity index (χ4v) is 2.43. The van der Waals surface area contributed by atoms with E-state index in [-0.39, 0.29) is 16.9 Å². The Kier molecular flexibility index (Phi) is 5.42. The highest BCUT2D eigenvalue weighted by Crippen LogP contribution is 2.18. The first-order valence-corrected chi connectivity index (χ1v) is 8.09. The number of anilines is 2. The third kappa shape index (κ3) is 4.65. The first-order chi connectivity index (χ1) is 12.9. The monoisotopic (exact) mass is 387 g/mol. The van der Waals surface area contributed by atoms with Gasteiger partial charge < -0.3 is 10.6 Å². The molecule has 0 saturated heterocycles. The summed E-state index contributed by atoms with van der Waals surface area (Å²) in [5, 5.41) is 5.38. The van der Waals surface area contributed by atoms with Crippen molar-refractivity contribution in [2.24, 2.45) is 0 Å². The SMILES string of the molecule is O=C(Nc1ccc(F)cc1F)c1ccnc(C(=O)Nc2cccc(Cl)c2)c1. The van der Waals surface area contributed by atoms with Crippen LogP contribution in [0.2, 0.25) is 5.02 Å². The Morgan fingerprint density at radius 3 is 2.48 bits per heavy atom. The summed E-state index contributed by atoms with van der Waals surface area (Å²) in [4.78, 5) is 28.5. The molecule has 2 amide bonds. The van der Waals surface area contributed by atoms with E-state index < -0.39 is 23.4 Å². The minimum absolute atomic E-state index is 0.0118. The van der Waals surface area contributed by atoms with E-state index in [1.165, 1.54) is 18.3 Å². The molecule has 3 aromatic rings. The lowest BCUT2D eigenvalue weighted by molar-refractivity contribution is 0.102. The number of carbonyl (C=O) groups is 2. The largest absolute Gasteiger partial charge is 0.321 e. The van der Waals surface area contributed by atoms with E-state index in [0.717, 1.165) is 12.1 Å². The Hall–Kier alpha value is -3.32. The van der Waals surface area contributed by atoms with E-state index in [0.29, 0.717) is 16.8 Å². The van der Waals surface area contributed by atoms with Gasteiger partial charge in [0.25, 0.3) is 11.8 Å². The maximum absolute atomic E-state index is 13.7. The molecule has 0 unspecified atom stereocenters. The van der Waals surface area contributed by atoms with Gasteiger partial charge in [0.05, 0.1) is 5.69 Å². The van der Waals surface area contributed by atoms with Crippen LogP contribution in [-0.4, -0.2) is 16.8 Å². The highest BCUT2D eigenvalue weighted by Gasteiger charge is 2.14. The van der Waals surface area contributed by atoms with Crippen LogP contribution in [0.5, 0.6) is 0 Å². The van der Waals surface area contributed by atoms with E-state index in [2.05, 4.69) is 15.6 Å². The first kappa shape index (κ1) is 18.5. The Bertz CT molecular complexity index is 1030. The van der Waals surface area contributed by atoms with Crippen molar-refractivity contribution >= 4 is 34.8 Å². The number of nitrogens with one attached hydrogen (secondary N) is 2. The summed E-state index contributed by atoms with van der Waals surface area (Å²) < 4.78 is 26.6. The third-order valence-electron chi connectivity index (χ3n) is 3.52. The summed E-state index contributed by atoms with van der Waals surface area (Å²) in [6, 6.07) is 12.0. The van der Waals surface area contributed by atoms with Crippen LogP contribution in [0.15, 0.2) is 60.8 Å². The molecular formula is C19H12ClF2N3O2. The summed E-state index contributed by atoms with van der Waals surface area (Å²) >= 11 is 5.87. The van der Waals surface area contributed by atoms with E-state index in [4.69, 9.17) is 11.6 Å². The number of aromatic nitrogens is 1. The highest BCUT2D eigenvalue weighted by molar-refractivity contribution is 6.31. The second-order valence-corrected chi connectivity index (χ2v) is 5.91. The number of nitrogens with zero attached hydrogens (tertiary/aromatic N) is 1. The Balaban J connectivity index is 1.76. The normalized spacial score (nSPS) is 10.3. The molecule has 2 aromatic carbocycles. The molecule has 5 nitrogen and oxygen atoms in total. The zero-order valence-electron chi connectivity index (χ0n) is 13.7. The third-order valence-corrected chi connectivity index (χ3v) is 3.75. The van der Waals surface area contributed by atoms with Crippen molar-refractivity contribution in [2.75, 3.05) is 10.6 Å². The fraction of sp³-hybridized carbons (Fsp3) is 0. The standard InChI is InChI=1S/C19H12ClF2N3O2/c20-12-2-1-3-14(9-12)24-19(27)17-8-11(6-7-23-17)18(26)25-16-5-4-13(21)10-15(16)22/h1-10H,(H,24,27)(H,25,26). The molecule has 2 N–H and O–H groups in total. The smallest absolute Gasteiger partial charge is 0.274 e. The van der Waals surface area contributed by atoms with Gasteiger partial charge in [-0.3, -0.25) is 14.6 Å². The Labute approximate surface area is 158 Å². The van der Waals surface area contributed by atoms with Crippen molar-refractivity contribution in [1.82, 2.24) is 4.98 Å². The number of benzene rings is 2. The quantitative estimate of drug-likeness (QED) is 0.691. The van der Waals surface area contributed by atoms with Crippen molar-refractivity contribution in [3.63, 3.8) is 0 Å². The van der Waals surface area contributed by atoms with Crippen molar-refractivity contribution in [1.29, 1.82) is 0 Å². The van der Waals surface area contributed by atoms with Crippen LogP contribution < -0.4 is 10.6 Å². The molecule has 27 heavy (non-hydrogen) atoms. The fourth-order valence-electron chi connectivity index (χ4n) is 2.24. The second kappa shape index (κ2) is 7.92. The van der Waals surface area contributed by atoms with Crippen LogP contribution >= 0.6 is 11.6 Å². The van der Waals surface area contributed by atoms with E-state index in [9.17, 15) is 18.4 Å². The second-order valence-electron chi connectivity index (χ2n) is 5.47. The maximum atomic E-state index is 13.7. The summed E-state index contributed by atoms with van der Waals surface area (Å²) in [6.07, 6.45) is 1.28. The average molecular weight is 388 g/mol. The zero-order chi connectivity index (χ0) is 19.4. The molecule has 0 atom stereocenters. The van der Waals surface area contributed by atoms with Gasteiger partial charge in [0, 0.05) is 28.5 Å². The van der Waals surface area contributed by atoms with Crippen molar-refractivity contribution in [3.8, 4) is 0 Å². The van der Waals surface area contributed by atoms with Gasteiger partial charge in [-0.1, -0.05) is 17.7 Å². The van der Waals surface area contributed by atoms with E-state index in [1.54, 1.807) is 24.3 Å². The van der Waals surface area contributed by atoms with Gasteiger partial charge in [0.1, 0.15) is 17.3 Å². The molecule has 0 aliphatic carbocycles. The van der Waals surface area contributed by atoms with Crippen LogP contribution in [0.4, 0.5) is 20.2 Å².